The van der Waals surface area contributed by atoms with Crippen LogP contribution in [0.2, 0.25) is 0 Å². The fourth-order valence-electron chi connectivity index (χ4n) is 6.77. The lowest BCUT2D eigenvalue weighted by molar-refractivity contribution is 0.168. The second-order valence-electron chi connectivity index (χ2n) is 10.8. The molecule has 2 aromatic carbocycles. The highest BCUT2D eigenvalue weighted by molar-refractivity contribution is 5.37. The van der Waals surface area contributed by atoms with Gasteiger partial charge in [0.25, 0.3) is 0 Å². The Balaban J connectivity index is 1.41. The first-order chi connectivity index (χ1) is 15.8. The van der Waals surface area contributed by atoms with Crippen LogP contribution in [0.15, 0.2) is 78.4 Å². The van der Waals surface area contributed by atoms with Crippen molar-refractivity contribution in [3.8, 4) is 0 Å². The zero-order valence-electron chi connectivity index (χ0n) is 19.8. The molecule has 168 valence electrons. The molecule has 1 atom stereocenters. The van der Waals surface area contributed by atoms with Crippen molar-refractivity contribution < 1.29 is 0 Å². The van der Waals surface area contributed by atoms with Crippen LogP contribution in [0, 0.1) is 17.3 Å². The molecular weight excluding hydrogens is 384 g/mol. The van der Waals surface area contributed by atoms with Gasteiger partial charge >= 0.3 is 0 Å². The van der Waals surface area contributed by atoms with E-state index < -0.39 is 0 Å². The molecule has 0 bridgehead atoms. The van der Waals surface area contributed by atoms with Gasteiger partial charge in [-0.05, 0) is 84.5 Å². The van der Waals surface area contributed by atoms with Gasteiger partial charge in [0.1, 0.15) is 0 Å². The van der Waals surface area contributed by atoms with Crippen LogP contribution in [-0.4, -0.2) is 0 Å². The summed E-state index contributed by atoms with van der Waals surface area (Å²) < 4.78 is 0. The van der Waals surface area contributed by atoms with Crippen molar-refractivity contribution in [3.05, 3.63) is 95.1 Å². The third-order valence-electron chi connectivity index (χ3n) is 8.70. The Hall–Kier alpha value is -2.08. The van der Waals surface area contributed by atoms with Crippen molar-refractivity contribution in [2.45, 2.75) is 83.5 Å². The number of benzene rings is 2. The zero-order chi connectivity index (χ0) is 21.6. The Morgan fingerprint density at radius 1 is 0.688 bits per heavy atom. The minimum Gasteiger partial charge on any atom is -0.0802 e. The maximum atomic E-state index is 2.70. The Kier molecular flexibility index (Phi) is 6.96. The summed E-state index contributed by atoms with van der Waals surface area (Å²) in [6, 6.07) is 20.3. The van der Waals surface area contributed by atoms with Crippen LogP contribution in [0.25, 0.3) is 0 Å². The Morgan fingerprint density at radius 2 is 1.34 bits per heavy atom. The number of rotatable bonds is 6. The average Bonchev–Trinajstić information content (AvgIpc) is 2.87. The van der Waals surface area contributed by atoms with E-state index in [0.29, 0.717) is 5.41 Å². The van der Waals surface area contributed by atoms with Gasteiger partial charge in [0.05, 0.1) is 0 Å². The second-order valence-corrected chi connectivity index (χ2v) is 10.8. The molecule has 0 aliphatic heterocycles. The van der Waals surface area contributed by atoms with Gasteiger partial charge in [-0.3, -0.25) is 0 Å². The Morgan fingerprint density at radius 3 is 2.03 bits per heavy atom. The number of hydrogen-bond donors (Lipinski definition) is 0. The first-order valence-electron chi connectivity index (χ1n) is 13.3. The monoisotopic (exact) mass is 424 g/mol. The van der Waals surface area contributed by atoms with E-state index in [-0.39, 0.29) is 0 Å². The largest absolute Gasteiger partial charge is 0.0802 e. The minimum atomic E-state index is 0.311. The van der Waals surface area contributed by atoms with E-state index in [0.717, 1.165) is 18.3 Å². The molecule has 2 fully saturated rings. The minimum absolute atomic E-state index is 0.311. The predicted molar refractivity (Wildman–Crippen MR) is 137 cm³/mol. The molecule has 1 unspecified atom stereocenters. The standard InChI is InChI=1S/C32H40/c1-4-12-26(13-5-1)24-29-16-10-11-17-30(29)25-32(31-18-8-3-9-19-31)22-20-28(21-23-32)27-14-6-2-7-15-27/h1,4-5,10-13,16-17,20-22,27,31H,2-3,6-9,14-15,18-19,23-25H2. The number of hydrogen-bond acceptors (Lipinski definition) is 0. The molecule has 0 N–H and O–H groups in total. The van der Waals surface area contributed by atoms with Gasteiger partial charge in [0.2, 0.25) is 0 Å². The molecule has 3 aliphatic rings. The van der Waals surface area contributed by atoms with Crippen molar-refractivity contribution >= 4 is 0 Å². The van der Waals surface area contributed by atoms with Crippen molar-refractivity contribution in [3.63, 3.8) is 0 Å². The molecule has 0 heteroatoms. The van der Waals surface area contributed by atoms with Crippen LogP contribution in [-0.2, 0) is 12.8 Å². The van der Waals surface area contributed by atoms with Gasteiger partial charge in [-0.1, -0.05) is 111 Å². The molecule has 0 spiro atoms. The van der Waals surface area contributed by atoms with Gasteiger partial charge in [-0.25, -0.2) is 0 Å². The van der Waals surface area contributed by atoms with Crippen LogP contribution in [0.1, 0.15) is 87.3 Å². The molecule has 2 aromatic rings. The highest BCUT2D eigenvalue weighted by atomic mass is 14.4. The van der Waals surface area contributed by atoms with E-state index in [2.05, 4.69) is 72.8 Å². The molecule has 3 aliphatic carbocycles. The summed E-state index contributed by atoms with van der Waals surface area (Å²) in [4.78, 5) is 0. The predicted octanol–water partition coefficient (Wildman–Crippen LogP) is 8.85. The van der Waals surface area contributed by atoms with Crippen LogP contribution in [0.4, 0.5) is 0 Å². The summed E-state index contributed by atoms with van der Waals surface area (Å²) in [5.74, 6) is 1.66. The first-order valence-corrected chi connectivity index (χ1v) is 13.3. The van der Waals surface area contributed by atoms with Crippen molar-refractivity contribution in [1.29, 1.82) is 0 Å². The van der Waals surface area contributed by atoms with Crippen molar-refractivity contribution in [2.24, 2.45) is 17.3 Å². The van der Waals surface area contributed by atoms with E-state index in [1.807, 2.05) is 0 Å². The fourth-order valence-corrected chi connectivity index (χ4v) is 6.77. The third kappa shape index (κ3) is 4.95. The molecule has 5 rings (SSSR count). The molecule has 0 radical (unpaired) electrons. The maximum absolute atomic E-state index is 2.70. The lowest BCUT2D eigenvalue weighted by Crippen LogP contribution is -2.34. The lowest BCUT2D eigenvalue weighted by Gasteiger charge is -2.43. The summed E-state index contributed by atoms with van der Waals surface area (Å²) in [5.41, 5.74) is 6.48. The molecule has 32 heavy (non-hydrogen) atoms. The molecule has 0 aromatic heterocycles. The number of allylic oxidation sites excluding steroid dienone is 4. The van der Waals surface area contributed by atoms with Crippen molar-refractivity contribution in [1.82, 2.24) is 0 Å². The zero-order valence-corrected chi connectivity index (χ0v) is 19.8. The molecule has 2 saturated carbocycles. The third-order valence-corrected chi connectivity index (χ3v) is 8.70. The van der Waals surface area contributed by atoms with Gasteiger partial charge in [0, 0.05) is 0 Å². The quantitative estimate of drug-likeness (QED) is 0.434. The van der Waals surface area contributed by atoms with E-state index in [1.54, 1.807) is 11.1 Å². The highest BCUT2D eigenvalue weighted by Crippen LogP contribution is 2.48. The van der Waals surface area contributed by atoms with Crippen molar-refractivity contribution in [2.75, 3.05) is 0 Å². The highest BCUT2D eigenvalue weighted by Gasteiger charge is 2.38. The summed E-state index contributed by atoms with van der Waals surface area (Å²) in [6.07, 6.45) is 25.7. The van der Waals surface area contributed by atoms with E-state index in [4.69, 9.17) is 0 Å². The Bertz CT molecular complexity index is 922. The van der Waals surface area contributed by atoms with Crippen LogP contribution < -0.4 is 0 Å². The van der Waals surface area contributed by atoms with Crippen LogP contribution >= 0.6 is 0 Å². The summed E-state index contributed by atoms with van der Waals surface area (Å²) >= 11 is 0. The SMILES string of the molecule is C1=CC(Cc2ccccc2Cc2ccccc2)(C2CCCCC2)CC=C1C1CCCCC1. The summed E-state index contributed by atoms with van der Waals surface area (Å²) in [5, 5.41) is 0. The first kappa shape index (κ1) is 21.7. The topological polar surface area (TPSA) is 0 Å². The Labute approximate surface area is 195 Å². The maximum Gasteiger partial charge on any atom is -0.00117 e. The van der Waals surface area contributed by atoms with Crippen LogP contribution in [0.5, 0.6) is 0 Å². The smallest absolute Gasteiger partial charge is 0.00117 e. The molecule has 0 saturated heterocycles. The van der Waals surface area contributed by atoms with Crippen LogP contribution in [0.3, 0.4) is 0 Å². The van der Waals surface area contributed by atoms with E-state index in [1.165, 1.54) is 88.2 Å². The lowest BCUT2D eigenvalue weighted by atomic mass is 9.61. The van der Waals surface area contributed by atoms with Gasteiger partial charge in [-0.2, -0.15) is 0 Å². The summed E-state index contributed by atoms with van der Waals surface area (Å²) in [7, 11) is 0. The molecule has 0 heterocycles. The van der Waals surface area contributed by atoms with Gasteiger partial charge in [0.15, 0.2) is 0 Å². The van der Waals surface area contributed by atoms with E-state index in [9.17, 15) is 0 Å². The normalized spacial score (nSPS) is 24.9. The molecular formula is C32H40. The average molecular weight is 425 g/mol. The van der Waals surface area contributed by atoms with Gasteiger partial charge in [-0.15, -0.1) is 0 Å². The van der Waals surface area contributed by atoms with E-state index >= 15 is 0 Å². The molecule has 0 nitrogen and oxygen atoms in total. The summed E-state index contributed by atoms with van der Waals surface area (Å²) in [6.45, 7) is 0. The second kappa shape index (κ2) is 10.2. The molecule has 0 amide bonds. The van der Waals surface area contributed by atoms with Gasteiger partial charge < -0.3 is 0 Å². The fraction of sp³-hybridized carbons (Fsp3) is 0.500.